The number of hydrogen-bond donors (Lipinski definition) is 0. The molecule has 0 unspecified atom stereocenters. The van der Waals surface area contributed by atoms with Crippen molar-refractivity contribution in [2.24, 2.45) is 0 Å². The van der Waals surface area contributed by atoms with Gasteiger partial charge in [-0.15, -0.1) is 0 Å². The van der Waals surface area contributed by atoms with Crippen molar-refractivity contribution >= 4 is 5.78 Å². The van der Waals surface area contributed by atoms with Gasteiger partial charge in [0.25, 0.3) is 0 Å². The van der Waals surface area contributed by atoms with Gasteiger partial charge in [-0.2, -0.15) is 10.2 Å². The number of carbonyl (C=O) groups is 1. The maximum atomic E-state index is 13.7. The highest BCUT2D eigenvalue weighted by Gasteiger charge is 2.10. The summed E-state index contributed by atoms with van der Waals surface area (Å²) in [6, 6.07) is 17.2. The van der Waals surface area contributed by atoms with Crippen LogP contribution in [-0.2, 0) is 6.42 Å². The number of carbonyl (C=O) groups excluding carboxylic acids is 1. The Bertz CT molecular complexity index is 827. The van der Waals surface area contributed by atoms with Crippen LogP contribution in [-0.4, -0.2) is 16.0 Å². The lowest BCUT2D eigenvalue weighted by Gasteiger charge is -2.04. The van der Waals surface area contributed by atoms with Crippen LogP contribution in [0.1, 0.15) is 21.6 Å². The van der Waals surface area contributed by atoms with E-state index in [4.69, 9.17) is 0 Å². The molecule has 0 aliphatic rings. The molecule has 0 saturated carbocycles. The molecule has 2 aromatic carbocycles. The number of rotatable bonds is 4. The Morgan fingerprint density at radius 3 is 2.35 bits per heavy atom. The van der Waals surface area contributed by atoms with Gasteiger partial charge in [-0.1, -0.05) is 42.0 Å². The number of aromatic nitrogens is 2. The number of nitrogens with zero attached hydrogens (tertiary/aromatic N) is 2. The highest BCUT2D eigenvalue weighted by atomic mass is 19.1. The molecule has 3 nitrogen and oxygen atoms in total. The zero-order chi connectivity index (χ0) is 16.2. The van der Waals surface area contributed by atoms with Crippen LogP contribution >= 0.6 is 0 Å². The molecule has 0 N–H and O–H groups in total. The molecule has 0 saturated heterocycles. The van der Waals surface area contributed by atoms with Crippen molar-refractivity contribution in [1.82, 2.24) is 10.2 Å². The third-order valence-electron chi connectivity index (χ3n) is 3.58. The lowest BCUT2D eigenvalue weighted by Crippen LogP contribution is -2.06. The first-order valence-corrected chi connectivity index (χ1v) is 7.31. The van der Waals surface area contributed by atoms with E-state index < -0.39 is 0 Å². The van der Waals surface area contributed by atoms with Crippen LogP contribution < -0.4 is 0 Å². The minimum Gasteiger partial charge on any atom is -0.294 e. The van der Waals surface area contributed by atoms with Crippen LogP contribution in [0.5, 0.6) is 0 Å². The Kier molecular flexibility index (Phi) is 4.24. The van der Waals surface area contributed by atoms with Crippen molar-refractivity contribution in [1.29, 1.82) is 0 Å². The number of aryl methyl sites for hydroxylation is 1. The first-order valence-electron chi connectivity index (χ1n) is 7.31. The minimum atomic E-state index is -0.342. The highest BCUT2D eigenvalue weighted by molar-refractivity contribution is 5.97. The number of benzene rings is 2. The van der Waals surface area contributed by atoms with Gasteiger partial charge in [0.15, 0.2) is 5.78 Å². The summed E-state index contributed by atoms with van der Waals surface area (Å²) in [5, 5.41) is 8.07. The van der Waals surface area contributed by atoms with E-state index in [1.807, 2.05) is 19.1 Å². The van der Waals surface area contributed by atoms with E-state index in [0.717, 1.165) is 5.56 Å². The molecule has 0 bridgehead atoms. The second-order valence-electron chi connectivity index (χ2n) is 5.36. The van der Waals surface area contributed by atoms with Crippen LogP contribution in [0.25, 0.3) is 11.3 Å². The molecule has 0 radical (unpaired) electrons. The Morgan fingerprint density at radius 1 is 0.957 bits per heavy atom. The third kappa shape index (κ3) is 3.48. The molecule has 114 valence electrons. The lowest BCUT2D eigenvalue weighted by molar-refractivity contribution is 0.0991. The van der Waals surface area contributed by atoms with Gasteiger partial charge in [-0.25, -0.2) is 4.39 Å². The second kappa shape index (κ2) is 6.48. The summed E-state index contributed by atoms with van der Waals surface area (Å²) in [6.07, 6.45) is 0.174. The van der Waals surface area contributed by atoms with Crippen molar-refractivity contribution in [3.8, 4) is 11.3 Å². The molecule has 1 aromatic heterocycles. The highest BCUT2D eigenvalue weighted by Crippen LogP contribution is 2.19. The summed E-state index contributed by atoms with van der Waals surface area (Å²) in [5.41, 5.74) is 3.17. The monoisotopic (exact) mass is 306 g/mol. The second-order valence-corrected chi connectivity index (χ2v) is 5.36. The van der Waals surface area contributed by atoms with Crippen LogP contribution in [0, 0.1) is 12.7 Å². The van der Waals surface area contributed by atoms with Crippen molar-refractivity contribution in [2.45, 2.75) is 13.3 Å². The van der Waals surface area contributed by atoms with E-state index in [0.29, 0.717) is 22.5 Å². The number of halogens is 1. The van der Waals surface area contributed by atoms with Gasteiger partial charge >= 0.3 is 0 Å². The molecule has 1 heterocycles. The summed E-state index contributed by atoms with van der Waals surface area (Å²) in [7, 11) is 0. The lowest BCUT2D eigenvalue weighted by atomic mass is 10.0. The van der Waals surface area contributed by atoms with Crippen LogP contribution in [0.2, 0.25) is 0 Å². The van der Waals surface area contributed by atoms with Gasteiger partial charge in [0.1, 0.15) is 5.82 Å². The predicted molar refractivity (Wildman–Crippen MR) is 86.6 cm³/mol. The Labute approximate surface area is 133 Å². The fraction of sp³-hybridized carbons (Fsp3) is 0.105. The van der Waals surface area contributed by atoms with E-state index in [-0.39, 0.29) is 18.0 Å². The van der Waals surface area contributed by atoms with Gasteiger partial charge in [-0.3, -0.25) is 4.79 Å². The van der Waals surface area contributed by atoms with E-state index in [2.05, 4.69) is 10.2 Å². The summed E-state index contributed by atoms with van der Waals surface area (Å²) in [6.45, 7) is 1.97. The summed E-state index contributed by atoms with van der Waals surface area (Å²) in [4.78, 5) is 12.2. The molecular formula is C19H15FN2O. The van der Waals surface area contributed by atoms with E-state index in [1.54, 1.807) is 42.5 Å². The van der Waals surface area contributed by atoms with Crippen LogP contribution in [0.4, 0.5) is 4.39 Å². The van der Waals surface area contributed by atoms with Gasteiger partial charge in [-0.05, 0) is 31.2 Å². The largest absolute Gasteiger partial charge is 0.294 e. The molecule has 0 aliphatic carbocycles. The Morgan fingerprint density at radius 2 is 1.70 bits per heavy atom. The van der Waals surface area contributed by atoms with Gasteiger partial charge < -0.3 is 0 Å². The van der Waals surface area contributed by atoms with Crippen molar-refractivity contribution in [3.05, 3.63) is 83.3 Å². The van der Waals surface area contributed by atoms with Crippen LogP contribution in [0.3, 0.4) is 0 Å². The maximum Gasteiger partial charge on any atom is 0.168 e. The molecule has 0 aliphatic heterocycles. The third-order valence-corrected chi connectivity index (χ3v) is 3.58. The predicted octanol–water partition coefficient (Wildman–Crippen LogP) is 4.02. The number of Topliss-reactive ketones (excluding diaryl/α,β-unsaturated/α-hetero) is 1. The topological polar surface area (TPSA) is 42.9 Å². The molecule has 0 fully saturated rings. The first-order chi connectivity index (χ1) is 11.1. The molecule has 3 aromatic rings. The van der Waals surface area contributed by atoms with E-state index >= 15 is 0 Å². The number of hydrogen-bond acceptors (Lipinski definition) is 3. The van der Waals surface area contributed by atoms with Crippen molar-refractivity contribution < 1.29 is 9.18 Å². The molecular weight excluding hydrogens is 291 g/mol. The molecule has 0 spiro atoms. The summed E-state index contributed by atoms with van der Waals surface area (Å²) < 4.78 is 13.7. The SMILES string of the molecule is Cc1ccc(C(=O)Cc2ccc(-c3ccccc3F)nn2)cc1. The van der Waals surface area contributed by atoms with Crippen molar-refractivity contribution in [2.75, 3.05) is 0 Å². The Hall–Kier alpha value is -2.88. The quantitative estimate of drug-likeness (QED) is 0.684. The summed E-state index contributed by atoms with van der Waals surface area (Å²) >= 11 is 0. The smallest absolute Gasteiger partial charge is 0.168 e. The molecule has 0 amide bonds. The number of ketones is 1. The normalized spacial score (nSPS) is 10.5. The van der Waals surface area contributed by atoms with Gasteiger partial charge in [0.05, 0.1) is 17.8 Å². The van der Waals surface area contributed by atoms with Crippen molar-refractivity contribution in [3.63, 3.8) is 0 Å². The zero-order valence-corrected chi connectivity index (χ0v) is 12.7. The molecule has 0 atom stereocenters. The summed E-state index contributed by atoms with van der Waals surface area (Å²) in [5.74, 6) is -0.358. The average molecular weight is 306 g/mol. The Balaban J connectivity index is 1.76. The fourth-order valence-electron chi connectivity index (χ4n) is 2.27. The van der Waals surface area contributed by atoms with Crippen LogP contribution in [0.15, 0.2) is 60.7 Å². The van der Waals surface area contributed by atoms with E-state index in [1.165, 1.54) is 6.07 Å². The molecule has 4 heteroatoms. The maximum absolute atomic E-state index is 13.7. The average Bonchev–Trinajstić information content (AvgIpc) is 2.57. The van der Waals surface area contributed by atoms with Gasteiger partial charge in [0.2, 0.25) is 0 Å². The zero-order valence-electron chi connectivity index (χ0n) is 12.7. The van der Waals surface area contributed by atoms with E-state index in [9.17, 15) is 9.18 Å². The molecule has 23 heavy (non-hydrogen) atoms. The minimum absolute atomic E-state index is 0.0158. The molecule has 3 rings (SSSR count). The first kappa shape index (κ1) is 15.0. The standard InChI is InChI=1S/C19H15FN2O/c1-13-6-8-14(9-7-13)19(23)12-15-10-11-18(22-21-15)16-4-2-3-5-17(16)20/h2-11H,12H2,1H3. The fourth-order valence-corrected chi connectivity index (χ4v) is 2.27. The van der Waals surface area contributed by atoms with Gasteiger partial charge in [0, 0.05) is 11.1 Å².